The van der Waals surface area contributed by atoms with Gasteiger partial charge in [0, 0.05) is 16.3 Å². The molecule has 2 aromatic carbocycles. The summed E-state index contributed by atoms with van der Waals surface area (Å²) in [6, 6.07) is 9.49. The van der Waals surface area contributed by atoms with Gasteiger partial charge < -0.3 is 10.4 Å². The third kappa shape index (κ3) is 3.21. The van der Waals surface area contributed by atoms with Crippen molar-refractivity contribution in [3.05, 3.63) is 63.9 Å². The first-order chi connectivity index (χ1) is 9.49. The SMILES string of the molecule is O=C(O)C(Nc1cccc(Cl)c1)c1cccc(Cl)c1F. The molecule has 0 saturated heterocycles. The van der Waals surface area contributed by atoms with E-state index in [1.807, 2.05) is 0 Å². The molecule has 0 amide bonds. The molecule has 0 aliphatic rings. The van der Waals surface area contributed by atoms with E-state index in [9.17, 15) is 14.3 Å². The van der Waals surface area contributed by atoms with E-state index < -0.39 is 17.8 Å². The van der Waals surface area contributed by atoms with Crippen molar-refractivity contribution in [1.82, 2.24) is 0 Å². The van der Waals surface area contributed by atoms with Gasteiger partial charge in [0.2, 0.25) is 0 Å². The van der Waals surface area contributed by atoms with E-state index in [1.54, 1.807) is 24.3 Å². The van der Waals surface area contributed by atoms with Gasteiger partial charge in [-0.25, -0.2) is 9.18 Å². The molecule has 0 saturated carbocycles. The molecule has 1 unspecified atom stereocenters. The second kappa shape index (κ2) is 6.11. The molecule has 0 heterocycles. The lowest BCUT2D eigenvalue weighted by atomic mass is 10.1. The third-order valence-corrected chi connectivity index (χ3v) is 3.20. The van der Waals surface area contributed by atoms with E-state index in [1.165, 1.54) is 18.2 Å². The van der Waals surface area contributed by atoms with Crippen LogP contribution in [0.3, 0.4) is 0 Å². The summed E-state index contributed by atoms with van der Waals surface area (Å²) in [5.74, 6) is -1.97. The normalized spacial score (nSPS) is 11.9. The second-order valence-electron chi connectivity index (χ2n) is 4.07. The van der Waals surface area contributed by atoms with E-state index in [0.717, 1.165) is 0 Å². The van der Waals surface area contributed by atoms with E-state index in [0.29, 0.717) is 10.7 Å². The van der Waals surface area contributed by atoms with Gasteiger partial charge in [-0.1, -0.05) is 41.4 Å². The predicted octanol–water partition coefficient (Wildman–Crippen LogP) is 4.37. The van der Waals surface area contributed by atoms with Crippen LogP contribution in [0, 0.1) is 5.82 Å². The van der Waals surface area contributed by atoms with Gasteiger partial charge in [0.1, 0.15) is 5.82 Å². The van der Waals surface area contributed by atoms with E-state index in [2.05, 4.69) is 5.32 Å². The van der Waals surface area contributed by atoms with Crippen LogP contribution in [0.2, 0.25) is 10.0 Å². The van der Waals surface area contributed by atoms with Crippen LogP contribution in [0.15, 0.2) is 42.5 Å². The molecule has 104 valence electrons. The number of aliphatic carboxylic acids is 1. The zero-order valence-corrected chi connectivity index (χ0v) is 11.6. The molecule has 0 aliphatic carbocycles. The van der Waals surface area contributed by atoms with Gasteiger partial charge in [0.15, 0.2) is 6.04 Å². The van der Waals surface area contributed by atoms with Gasteiger partial charge >= 0.3 is 5.97 Å². The smallest absolute Gasteiger partial charge is 0.330 e. The van der Waals surface area contributed by atoms with Crippen molar-refractivity contribution in [2.24, 2.45) is 0 Å². The molecule has 0 radical (unpaired) electrons. The molecule has 6 heteroatoms. The molecule has 1 atom stereocenters. The van der Waals surface area contributed by atoms with Gasteiger partial charge in [-0.2, -0.15) is 0 Å². The Bertz CT molecular complexity index is 649. The van der Waals surface area contributed by atoms with Crippen LogP contribution < -0.4 is 5.32 Å². The molecule has 20 heavy (non-hydrogen) atoms. The largest absolute Gasteiger partial charge is 0.479 e. The molecule has 0 bridgehead atoms. The number of halogens is 3. The standard InChI is InChI=1S/C14H10Cl2FNO2/c15-8-3-1-4-9(7-8)18-13(14(19)20)10-5-2-6-11(16)12(10)17/h1-7,13,18H,(H,19,20). The summed E-state index contributed by atoms with van der Waals surface area (Å²) in [6.45, 7) is 0. The number of anilines is 1. The van der Waals surface area contributed by atoms with Gasteiger partial charge in [-0.3, -0.25) is 0 Å². The molecular weight excluding hydrogens is 304 g/mol. The van der Waals surface area contributed by atoms with Crippen molar-refractivity contribution in [3.8, 4) is 0 Å². The highest BCUT2D eigenvalue weighted by molar-refractivity contribution is 6.31. The van der Waals surface area contributed by atoms with Crippen LogP contribution in [0.4, 0.5) is 10.1 Å². The summed E-state index contributed by atoms with van der Waals surface area (Å²) >= 11 is 11.5. The predicted molar refractivity (Wildman–Crippen MR) is 76.9 cm³/mol. The molecule has 0 spiro atoms. The number of hydrogen-bond donors (Lipinski definition) is 2. The fourth-order valence-corrected chi connectivity index (χ4v) is 2.13. The number of carboxylic acid groups (broad SMARTS) is 1. The summed E-state index contributed by atoms with van der Waals surface area (Å²) in [6.07, 6.45) is 0. The quantitative estimate of drug-likeness (QED) is 0.881. The monoisotopic (exact) mass is 313 g/mol. The van der Waals surface area contributed by atoms with Gasteiger partial charge in [-0.15, -0.1) is 0 Å². The minimum Gasteiger partial charge on any atom is -0.479 e. The number of rotatable bonds is 4. The Morgan fingerprint density at radius 3 is 2.55 bits per heavy atom. The topological polar surface area (TPSA) is 49.3 Å². The minimum absolute atomic E-state index is 0.0371. The number of benzene rings is 2. The Morgan fingerprint density at radius 1 is 1.20 bits per heavy atom. The zero-order chi connectivity index (χ0) is 14.7. The number of carbonyl (C=O) groups is 1. The van der Waals surface area contributed by atoms with Crippen LogP contribution in [-0.4, -0.2) is 11.1 Å². The zero-order valence-electron chi connectivity index (χ0n) is 10.1. The Kier molecular flexibility index (Phi) is 4.47. The van der Waals surface area contributed by atoms with E-state index in [4.69, 9.17) is 23.2 Å². The summed E-state index contributed by atoms with van der Waals surface area (Å²) in [7, 11) is 0. The first-order valence-corrected chi connectivity index (χ1v) is 6.43. The van der Waals surface area contributed by atoms with Crippen molar-refractivity contribution >= 4 is 34.9 Å². The van der Waals surface area contributed by atoms with E-state index >= 15 is 0 Å². The molecule has 0 aromatic heterocycles. The van der Waals surface area contributed by atoms with E-state index in [-0.39, 0.29) is 10.6 Å². The molecule has 2 N–H and O–H groups in total. The van der Waals surface area contributed by atoms with Crippen molar-refractivity contribution in [2.45, 2.75) is 6.04 Å². The number of hydrogen-bond acceptors (Lipinski definition) is 2. The Morgan fingerprint density at radius 2 is 1.90 bits per heavy atom. The van der Waals surface area contributed by atoms with Crippen molar-refractivity contribution in [1.29, 1.82) is 0 Å². The minimum atomic E-state index is -1.26. The fourth-order valence-electron chi connectivity index (χ4n) is 1.76. The lowest BCUT2D eigenvalue weighted by Gasteiger charge is -2.17. The summed E-state index contributed by atoms with van der Waals surface area (Å²) < 4.78 is 13.9. The van der Waals surface area contributed by atoms with Gasteiger partial charge in [0.05, 0.1) is 5.02 Å². The number of carboxylic acids is 1. The first-order valence-electron chi connectivity index (χ1n) is 5.68. The maximum atomic E-state index is 13.9. The third-order valence-electron chi connectivity index (χ3n) is 2.68. The Balaban J connectivity index is 2.37. The van der Waals surface area contributed by atoms with Gasteiger partial charge in [0.25, 0.3) is 0 Å². The highest BCUT2D eigenvalue weighted by atomic mass is 35.5. The lowest BCUT2D eigenvalue weighted by Crippen LogP contribution is -2.21. The van der Waals surface area contributed by atoms with Crippen molar-refractivity contribution in [2.75, 3.05) is 5.32 Å². The summed E-state index contributed by atoms with van der Waals surface area (Å²) in [5.41, 5.74) is 0.439. The van der Waals surface area contributed by atoms with Crippen molar-refractivity contribution in [3.63, 3.8) is 0 Å². The molecule has 2 rings (SSSR count). The van der Waals surface area contributed by atoms with Crippen molar-refractivity contribution < 1.29 is 14.3 Å². The number of nitrogens with one attached hydrogen (secondary N) is 1. The van der Waals surface area contributed by atoms with Gasteiger partial charge in [-0.05, 0) is 24.3 Å². The Hall–Kier alpha value is -1.78. The summed E-state index contributed by atoms with van der Waals surface area (Å²) in [4.78, 5) is 11.3. The van der Waals surface area contributed by atoms with Crippen LogP contribution in [0.5, 0.6) is 0 Å². The Labute approximate surface area is 124 Å². The van der Waals surface area contributed by atoms with Crippen LogP contribution in [-0.2, 0) is 4.79 Å². The second-order valence-corrected chi connectivity index (χ2v) is 4.91. The van der Waals surface area contributed by atoms with Crippen LogP contribution >= 0.6 is 23.2 Å². The maximum absolute atomic E-state index is 13.9. The van der Waals surface area contributed by atoms with Crippen LogP contribution in [0.1, 0.15) is 11.6 Å². The molecule has 2 aromatic rings. The molecule has 0 fully saturated rings. The first kappa shape index (κ1) is 14.6. The lowest BCUT2D eigenvalue weighted by molar-refractivity contribution is -0.138. The maximum Gasteiger partial charge on any atom is 0.330 e. The van der Waals surface area contributed by atoms with Crippen LogP contribution in [0.25, 0.3) is 0 Å². The average molecular weight is 314 g/mol. The summed E-state index contributed by atoms with van der Waals surface area (Å²) in [5, 5.41) is 12.3. The molecule has 0 aliphatic heterocycles. The highest BCUT2D eigenvalue weighted by Crippen LogP contribution is 2.27. The highest BCUT2D eigenvalue weighted by Gasteiger charge is 2.24. The molecular formula is C14H10Cl2FNO2. The molecule has 3 nitrogen and oxygen atoms in total. The average Bonchev–Trinajstić information content (AvgIpc) is 2.39. The fraction of sp³-hybridized carbons (Fsp3) is 0.0714.